The van der Waals surface area contributed by atoms with E-state index < -0.39 is 0 Å². The van der Waals surface area contributed by atoms with E-state index in [0.717, 1.165) is 6.54 Å². The van der Waals surface area contributed by atoms with Crippen LogP contribution in [0.2, 0.25) is 0 Å². The van der Waals surface area contributed by atoms with Crippen molar-refractivity contribution in [2.75, 3.05) is 6.54 Å². The van der Waals surface area contributed by atoms with Crippen LogP contribution in [0.3, 0.4) is 0 Å². The fraction of sp³-hybridized carbons (Fsp3) is 1.00. The molecule has 1 fully saturated rings. The van der Waals surface area contributed by atoms with Crippen LogP contribution in [0.5, 0.6) is 0 Å². The molecule has 0 heterocycles. The molecule has 13 heavy (non-hydrogen) atoms. The molecule has 0 aromatic carbocycles. The highest BCUT2D eigenvalue weighted by Crippen LogP contribution is 2.27. The largest absolute Gasteiger partial charge is 0.329 e. The molecule has 1 unspecified atom stereocenters. The minimum atomic E-state index is 0.272. The molecule has 3 N–H and O–H groups in total. The molecular weight excluding hydrogens is 160 g/mol. The smallest absolute Gasteiger partial charge is 0.0306 e. The summed E-state index contributed by atoms with van der Waals surface area (Å²) in [6.45, 7) is 5.29. The number of nitrogens with one attached hydrogen (secondary N) is 1. The number of hydrogen-bond donors (Lipinski definition) is 2. The lowest BCUT2D eigenvalue weighted by atomic mass is 9.81. The van der Waals surface area contributed by atoms with Gasteiger partial charge in [0.05, 0.1) is 0 Å². The second-order valence-electron chi connectivity index (χ2n) is 4.50. The van der Waals surface area contributed by atoms with Crippen LogP contribution in [0.25, 0.3) is 0 Å². The summed E-state index contributed by atoms with van der Waals surface area (Å²) in [5.41, 5.74) is 6.15. The molecule has 0 aromatic rings. The standard InChI is InChI=1S/C11H24N2/c1-3-10(2)13-11(9-12)7-5-4-6-8-11/h10,13H,3-9,12H2,1-2H3. The van der Waals surface area contributed by atoms with Crippen LogP contribution in [0.4, 0.5) is 0 Å². The normalized spacial score (nSPS) is 24.2. The molecule has 0 aliphatic heterocycles. The van der Waals surface area contributed by atoms with Gasteiger partial charge in [0.25, 0.3) is 0 Å². The van der Waals surface area contributed by atoms with Crippen molar-refractivity contribution >= 4 is 0 Å². The molecule has 1 rings (SSSR count). The van der Waals surface area contributed by atoms with Crippen molar-refractivity contribution in [3.63, 3.8) is 0 Å². The Kier molecular flexibility index (Phi) is 4.20. The molecule has 0 spiro atoms. The van der Waals surface area contributed by atoms with E-state index in [4.69, 9.17) is 5.73 Å². The fourth-order valence-corrected chi connectivity index (χ4v) is 2.26. The summed E-state index contributed by atoms with van der Waals surface area (Å²) in [6, 6.07) is 0.613. The van der Waals surface area contributed by atoms with Crippen LogP contribution in [0.15, 0.2) is 0 Å². The van der Waals surface area contributed by atoms with Gasteiger partial charge in [0.15, 0.2) is 0 Å². The zero-order valence-electron chi connectivity index (χ0n) is 9.10. The van der Waals surface area contributed by atoms with Crippen LogP contribution in [0.1, 0.15) is 52.4 Å². The van der Waals surface area contributed by atoms with Crippen molar-refractivity contribution in [1.29, 1.82) is 0 Å². The minimum absolute atomic E-state index is 0.272. The summed E-state index contributed by atoms with van der Waals surface area (Å²) < 4.78 is 0. The highest BCUT2D eigenvalue weighted by atomic mass is 15.0. The molecule has 0 aromatic heterocycles. The molecule has 2 heteroatoms. The van der Waals surface area contributed by atoms with Gasteiger partial charge in [-0.05, 0) is 26.2 Å². The monoisotopic (exact) mass is 184 g/mol. The maximum Gasteiger partial charge on any atom is 0.0306 e. The number of nitrogens with two attached hydrogens (primary N) is 1. The third-order valence-corrected chi connectivity index (χ3v) is 3.37. The lowest BCUT2D eigenvalue weighted by Crippen LogP contribution is -2.55. The molecule has 0 amide bonds. The van der Waals surface area contributed by atoms with Crippen LogP contribution in [0, 0.1) is 0 Å². The van der Waals surface area contributed by atoms with Gasteiger partial charge in [-0.1, -0.05) is 26.2 Å². The predicted octanol–water partition coefficient (Wildman–Crippen LogP) is 2.04. The molecule has 1 aliphatic carbocycles. The van der Waals surface area contributed by atoms with Crippen LogP contribution in [-0.4, -0.2) is 18.1 Å². The summed E-state index contributed by atoms with van der Waals surface area (Å²) in [4.78, 5) is 0. The van der Waals surface area contributed by atoms with E-state index in [2.05, 4.69) is 19.2 Å². The maximum absolute atomic E-state index is 5.88. The van der Waals surface area contributed by atoms with Crippen molar-refractivity contribution < 1.29 is 0 Å². The first kappa shape index (κ1) is 11.0. The summed E-state index contributed by atoms with van der Waals surface area (Å²) in [6.07, 6.45) is 7.83. The van der Waals surface area contributed by atoms with E-state index in [1.165, 1.54) is 38.5 Å². The van der Waals surface area contributed by atoms with E-state index >= 15 is 0 Å². The topological polar surface area (TPSA) is 38.0 Å². The summed E-state index contributed by atoms with van der Waals surface area (Å²) in [5.74, 6) is 0. The first-order chi connectivity index (χ1) is 6.22. The van der Waals surface area contributed by atoms with Crippen molar-refractivity contribution in [3.8, 4) is 0 Å². The first-order valence-electron chi connectivity index (χ1n) is 5.70. The molecule has 2 nitrogen and oxygen atoms in total. The Bertz CT molecular complexity index is 139. The zero-order chi connectivity index (χ0) is 9.73. The predicted molar refractivity (Wildman–Crippen MR) is 57.8 cm³/mol. The molecule has 0 radical (unpaired) electrons. The Labute approximate surface area is 82.3 Å². The fourth-order valence-electron chi connectivity index (χ4n) is 2.26. The van der Waals surface area contributed by atoms with Gasteiger partial charge in [0, 0.05) is 18.1 Å². The molecule has 1 atom stereocenters. The Morgan fingerprint density at radius 1 is 1.31 bits per heavy atom. The highest BCUT2D eigenvalue weighted by molar-refractivity contribution is 4.93. The van der Waals surface area contributed by atoms with E-state index in [0.29, 0.717) is 6.04 Å². The van der Waals surface area contributed by atoms with Crippen LogP contribution >= 0.6 is 0 Å². The maximum atomic E-state index is 5.88. The van der Waals surface area contributed by atoms with E-state index in [1.807, 2.05) is 0 Å². The van der Waals surface area contributed by atoms with Gasteiger partial charge in [-0.25, -0.2) is 0 Å². The minimum Gasteiger partial charge on any atom is -0.329 e. The quantitative estimate of drug-likeness (QED) is 0.701. The molecule has 1 aliphatic rings. The third-order valence-electron chi connectivity index (χ3n) is 3.37. The highest BCUT2D eigenvalue weighted by Gasteiger charge is 2.30. The molecule has 1 saturated carbocycles. The third kappa shape index (κ3) is 2.96. The average Bonchev–Trinajstić information content (AvgIpc) is 2.19. The van der Waals surface area contributed by atoms with Crippen molar-refractivity contribution in [2.45, 2.75) is 64.0 Å². The van der Waals surface area contributed by atoms with E-state index in [1.54, 1.807) is 0 Å². The van der Waals surface area contributed by atoms with Gasteiger partial charge >= 0.3 is 0 Å². The lowest BCUT2D eigenvalue weighted by molar-refractivity contribution is 0.216. The van der Waals surface area contributed by atoms with Gasteiger partial charge < -0.3 is 11.1 Å². The van der Waals surface area contributed by atoms with E-state index in [9.17, 15) is 0 Å². The Hall–Kier alpha value is -0.0800. The zero-order valence-corrected chi connectivity index (χ0v) is 9.10. The SMILES string of the molecule is CCC(C)NC1(CN)CCCCC1. The van der Waals surface area contributed by atoms with Crippen molar-refractivity contribution in [3.05, 3.63) is 0 Å². The second kappa shape index (κ2) is 4.97. The average molecular weight is 184 g/mol. The first-order valence-corrected chi connectivity index (χ1v) is 5.70. The lowest BCUT2D eigenvalue weighted by Gasteiger charge is -2.39. The Balaban J connectivity index is 2.47. The second-order valence-corrected chi connectivity index (χ2v) is 4.50. The van der Waals surface area contributed by atoms with Gasteiger partial charge in [-0.3, -0.25) is 0 Å². The summed E-state index contributed by atoms with van der Waals surface area (Å²) in [5, 5.41) is 3.71. The number of hydrogen-bond acceptors (Lipinski definition) is 2. The van der Waals surface area contributed by atoms with Gasteiger partial charge in [0.1, 0.15) is 0 Å². The van der Waals surface area contributed by atoms with Gasteiger partial charge in [-0.15, -0.1) is 0 Å². The van der Waals surface area contributed by atoms with Crippen LogP contribution in [-0.2, 0) is 0 Å². The molecule has 78 valence electrons. The molecular formula is C11H24N2. The Morgan fingerprint density at radius 2 is 1.92 bits per heavy atom. The summed E-state index contributed by atoms with van der Waals surface area (Å²) >= 11 is 0. The number of rotatable bonds is 4. The van der Waals surface area contributed by atoms with E-state index in [-0.39, 0.29) is 5.54 Å². The van der Waals surface area contributed by atoms with Gasteiger partial charge in [0.2, 0.25) is 0 Å². The van der Waals surface area contributed by atoms with Gasteiger partial charge in [-0.2, -0.15) is 0 Å². The van der Waals surface area contributed by atoms with Crippen molar-refractivity contribution in [2.24, 2.45) is 5.73 Å². The van der Waals surface area contributed by atoms with Crippen LogP contribution < -0.4 is 11.1 Å². The molecule has 0 bridgehead atoms. The molecule has 0 saturated heterocycles. The summed E-state index contributed by atoms with van der Waals surface area (Å²) in [7, 11) is 0. The Morgan fingerprint density at radius 3 is 2.38 bits per heavy atom. The van der Waals surface area contributed by atoms with Crippen molar-refractivity contribution in [1.82, 2.24) is 5.32 Å².